The third-order valence-corrected chi connectivity index (χ3v) is 10.8. The van der Waals surface area contributed by atoms with Crippen LogP contribution in [0.25, 0.3) is 5.52 Å². The summed E-state index contributed by atoms with van der Waals surface area (Å²) in [5.74, 6) is -0.315. The first-order chi connectivity index (χ1) is 27.0. The summed E-state index contributed by atoms with van der Waals surface area (Å²) in [5.41, 5.74) is -0.259. The second kappa shape index (κ2) is 20.6. The summed E-state index contributed by atoms with van der Waals surface area (Å²) in [6, 6.07) is 10.8. The number of rotatable bonds is 25. The van der Waals surface area contributed by atoms with Gasteiger partial charge in [-0.1, -0.05) is 77.6 Å². The molecule has 3 aromatic rings. The first-order valence-electron chi connectivity index (χ1n) is 19.7. The largest absolute Gasteiger partial charge is 0.472 e. The summed E-state index contributed by atoms with van der Waals surface area (Å²) >= 11 is 0. The Bertz CT molecular complexity index is 1810. The quantitative estimate of drug-likeness (QED) is 0.0643. The predicted octanol–water partition coefficient (Wildman–Crippen LogP) is 7.19. The highest BCUT2D eigenvalue weighted by atomic mass is 31.2. The van der Waals surface area contributed by atoms with Crippen LogP contribution in [0.15, 0.2) is 36.8 Å². The Hall–Kier alpha value is -3.70. The minimum Gasteiger partial charge on any atom is -0.469 e. The van der Waals surface area contributed by atoms with E-state index in [1.807, 2.05) is 12.1 Å². The zero-order valence-electron chi connectivity index (χ0n) is 32.9. The highest BCUT2D eigenvalue weighted by Gasteiger charge is 2.65. The van der Waals surface area contributed by atoms with Gasteiger partial charge in [0.2, 0.25) is 11.5 Å². The number of hydrogen-bond acceptors (Lipinski definition) is 14. The predicted molar refractivity (Wildman–Crippen MR) is 206 cm³/mol. The van der Waals surface area contributed by atoms with Gasteiger partial charge in [0.05, 0.1) is 24.5 Å². The molecule has 1 unspecified atom stereocenters. The topological polar surface area (TPSA) is 205 Å². The van der Waals surface area contributed by atoms with E-state index in [-0.39, 0.29) is 12.5 Å². The molecule has 0 aliphatic carbocycles. The summed E-state index contributed by atoms with van der Waals surface area (Å²) in [7, 11) is -3.06. The molecule has 2 saturated heterocycles. The van der Waals surface area contributed by atoms with Crippen molar-refractivity contribution in [2.24, 2.45) is 0 Å². The second-order valence-corrected chi connectivity index (χ2v) is 16.2. The Balaban J connectivity index is 1.15. The Morgan fingerprint density at radius 2 is 1.66 bits per heavy atom. The maximum absolute atomic E-state index is 13.3. The van der Waals surface area contributed by atoms with Crippen molar-refractivity contribution in [2.75, 3.05) is 38.8 Å². The number of nitrogens with one attached hydrogen (secondary N) is 1. The molecule has 17 heteroatoms. The van der Waals surface area contributed by atoms with Crippen molar-refractivity contribution >= 4 is 19.2 Å². The second-order valence-electron chi connectivity index (χ2n) is 14.7. The Morgan fingerprint density at radius 3 is 2.30 bits per heavy atom. The van der Waals surface area contributed by atoms with E-state index in [0.29, 0.717) is 29.2 Å². The lowest BCUT2D eigenvalue weighted by Gasteiger charge is -2.29. The molecule has 0 saturated carbocycles. The van der Waals surface area contributed by atoms with Gasteiger partial charge in [-0.3, -0.25) is 9.05 Å². The molecule has 0 spiro atoms. The van der Waals surface area contributed by atoms with Crippen molar-refractivity contribution in [2.45, 2.75) is 134 Å². The van der Waals surface area contributed by atoms with Gasteiger partial charge in [0, 0.05) is 25.9 Å². The third kappa shape index (κ3) is 11.7. The number of phosphoric ester groups is 1. The van der Waals surface area contributed by atoms with E-state index in [2.05, 4.69) is 33.4 Å². The van der Waals surface area contributed by atoms with Gasteiger partial charge in [-0.2, -0.15) is 15.6 Å². The smallest absolute Gasteiger partial charge is 0.469 e. The van der Waals surface area contributed by atoms with Gasteiger partial charge in [0.25, 0.3) is 0 Å². The number of phosphoric acid groups is 1. The molecule has 2 aliphatic heterocycles. The van der Waals surface area contributed by atoms with Crippen LogP contribution in [0.1, 0.15) is 115 Å². The summed E-state index contributed by atoms with van der Waals surface area (Å²) < 4.78 is 56.4. The van der Waals surface area contributed by atoms with Crippen molar-refractivity contribution in [3.05, 3.63) is 48.0 Å². The molecule has 2 aliphatic rings. The van der Waals surface area contributed by atoms with Gasteiger partial charge in [-0.25, -0.2) is 19.0 Å². The molecule has 0 radical (unpaired) electrons. The van der Waals surface area contributed by atoms with Crippen molar-refractivity contribution in [1.82, 2.24) is 19.6 Å². The molecule has 56 heavy (non-hydrogen) atoms. The highest BCUT2D eigenvalue weighted by molar-refractivity contribution is 7.47. The maximum atomic E-state index is 13.3. The third-order valence-electron chi connectivity index (χ3n) is 9.89. The summed E-state index contributed by atoms with van der Waals surface area (Å²) in [6.07, 6.45) is 14.0. The van der Waals surface area contributed by atoms with Gasteiger partial charge in [-0.05, 0) is 38.5 Å². The number of hydrogen-bond donors (Lipinski definition) is 2. The van der Waals surface area contributed by atoms with Crippen molar-refractivity contribution in [3.63, 3.8) is 0 Å². The fourth-order valence-electron chi connectivity index (χ4n) is 7.02. The van der Waals surface area contributed by atoms with Crippen LogP contribution in [0, 0.1) is 22.7 Å². The molecule has 6 atom stereocenters. The standard InChI is InChI=1S/C39H56N7O9P/c1-5-6-7-8-9-10-11-12-13-14-15-16-21-49-24-30(52-33-20-17-29(22-40)23-43-33)25-50-56(47,48)51-27-39(26-41)36-35(53-38(2,3)55-36)34(54-39)31-18-19-32-37(42-4)44-28-45-46(31)32/h17-20,23,28,30,34-36H,5-16,21,24-25,27H2,1-4H3,(H,47,48)(H,42,44,45)/t30-,34+,35+,36+,39-/m1/s1. The molecule has 2 N–H and O–H groups in total. The zero-order chi connectivity index (χ0) is 40.0. The fraction of sp³-hybridized carbons (Fsp3) is 0.667. The van der Waals surface area contributed by atoms with Crippen LogP contribution in [0.5, 0.6) is 5.88 Å². The van der Waals surface area contributed by atoms with E-state index >= 15 is 0 Å². The van der Waals surface area contributed by atoms with Crippen LogP contribution in [0.3, 0.4) is 0 Å². The molecular formula is C39H56N7O9P. The van der Waals surface area contributed by atoms with Gasteiger partial charge in [-0.15, -0.1) is 0 Å². The number of anilines is 1. The first-order valence-corrected chi connectivity index (χ1v) is 21.2. The Morgan fingerprint density at radius 1 is 0.946 bits per heavy atom. The maximum Gasteiger partial charge on any atom is 0.472 e. The summed E-state index contributed by atoms with van der Waals surface area (Å²) in [4.78, 5) is 19.3. The van der Waals surface area contributed by atoms with Crippen LogP contribution >= 0.6 is 7.82 Å². The average molecular weight is 798 g/mol. The van der Waals surface area contributed by atoms with Gasteiger partial charge >= 0.3 is 7.82 Å². The fourth-order valence-corrected chi connectivity index (χ4v) is 7.80. The summed E-state index contributed by atoms with van der Waals surface area (Å²) in [6.45, 7) is 5.11. The van der Waals surface area contributed by atoms with E-state index < -0.39 is 56.8 Å². The molecule has 3 aromatic heterocycles. The SMILES string of the molecule is CCCCCCCCCCCCCCOC[C@H](COP(=O)(O)OC[C@@]1(C#N)O[C@@H](c2ccc3c(NC)ncnn23)[C@@H]2OC(C)(C)O[C@@H]21)Oc1ccc(C#N)cn1. The molecule has 0 aromatic carbocycles. The molecular weight excluding hydrogens is 741 g/mol. The number of unbranched alkanes of at least 4 members (excludes halogenated alkanes) is 11. The van der Waals surface area contributed by atoms with E-state index in [4.69, 9.17) is 38.0 Å². The van der Waals surface area contributed by atoms with E-state index in [1.165, 1.54) is 76.4 Å². The molecule has 16 nitrogen and oxygen atoms in total. The van der Waals surface area contributed by atoms with Crippen molar-refractivity contribution in [1.29, 1.82) is 10.5 Å². The zero-order valence-corrected chi connectivity index (χ0v) is 33.8. The van der Waals surface area contributed by atoms with E-state index in [1.54, 1.807) is 37.5 Å². The minimum atomic E-state index is -4.80. The van der Waals surface area contributed by atoms with Crippen LogP contribution in [-0.4, -0.2) is 87.7 Å². The normalized spacial score (nSPS) is 22.9. The monoisotopic (exact) mass is 797 g/mol. The number of pyridine rings is 1. The highest BCUT2D eigenvalue weighted by Crippen LogP contribution is 2.52. The molecule has 5 heterocycles. The lowest BCUT2D eigenvalue weighted by atomic mass is 9.96. The molecule has 306 valence electrons. The minimum absolute atomic E-state index is 0.0424. The van der Waals surface area contributed by atoms with E-state index in [0.717, 1.165) is 19.3 Å². The number of nitrogens with zero attached hydrogens (tertiary/aromatic N) is 6. The summed E-state index contributed by atoms with van der Waals surface area (Å²) in [5, 5.41) is 27.1. The number of fused-ring (bicyclic) bond motifs is 2. The lowest BCUT2D eigenvalue weighted by molar-refractivity contribution is -0.204. The molecule has 0 amide bonds. The van der Waals surface area contributed by atoms with Crippen LogP contribution in [0.2, 0.25) is 0 Å². The Labute approximate surface area is 329 Å². The number of ether oxygens (including phenoxy) is 5. The molecule has 2 fully saturated rings. The van der Waals surface area contributed by atoms with Crippen LogP contribution < -0.4 is 10.1 Å². The van der Waals surface area contributed by atoms with Gasteiger partial charge in [0.15, 0.2) is 11.6 Å². The average Bonchev–Trinajstić information content (AvgIpc) is 3.86. The lowest BCUT2D eigenvalue weighted by Crippen LogP contribution is -2.45. The molecule has 0 bridgehead atoms. The van der Waals surface area contributed by atoms with Crippen molar-refractivity contribution < 1.29 is 42.2 Å². The molecule has 5 rings (SSSR count). The van der Waals surface area contributed by atoms with Crippen LogP contribution in [0.4, 0.5) is 5.82 Å². The van der Waals surface area contributed by atoms with Crippen LogP contribution in [-0.2, 0) is 32.6 Å². The first kappa shape index (κ1) is 43.4. The van der Waals surface area contributed by atoms with E-state index in [9.17, 15) is 14.7 Å². The van der Waals surface area contributed by atoms with Gasteiger partial charge < -0.3 is 33.9 Å². The Kier molecular flexibility index (Phi) is 16.0. The van der Waals surface area contributed by atoms with Gasteiger partial charge in [0.1, 0.15) is 55.0 Å². The number of nitriles is 2. The number of aromatic nitrogens is 4. The van der Waals surface area contributed by atoms with Crippen molar-refractivity contribution in [3.8, 4) is 18.0 Å².